The Bertz CT molecular complexity index is 3240. The summed E-state index contributed by atoms with van der Waals surface area (Å²) in [7, 11) is 0. The summed E-state index contributed by atoms with van der Waals surface area (Å²) in [5, 5.41) is 2.44. The Labute approximate surface area is 357 Å². The number of para-hydroxylation sites is 1. The maximum absolute atomic E-state index is 2.52. The van der Waals surface area contributed by atoms with Crippen molar-refractivity contribution in [3.8, 4) is 44.5 Å². The number of anilines is 6. The molecule has 61 heavy (non-hydrogen) atoms. The molecule has 0 radical (unpaired) electrons. The molecule has 2 aliphatic heterocycles. The number of hydrogen-bond donors (Lipinski definition) is 0. The summed E-state index contributed by atoms with van der Waals surface area (Å²) in [5.41, 5.74) is 20.7. The van der Waals surface area contributed by atoms with Gasteiger partial charge in [-0.3, -0.25) is 0 Å². The lowest BCUT2D eigenvalue weighted by Crippen LogP contribution is -2.54. The van der Waals surface area contributed by atoms with E-state index in [1.54, 1.807) is 0 Å². The first kappa shape index (κ1) is 35.1. The van der Waals surface area contributed by atoms with Crippen LogP contribution in [0.15, 0.2) is 237 Å². The number of rotatable bonds is 7. The molecule has 0 spiro atoms. The largest absolute Gasteiger partial charge is 0.311 e. The normalized spacial score (nSPS) is 12.2. The highest BCUT2D eigenvalue weighted by Crippen LogP contribution is 2.47. The van der Waals surface area contributed by atoms with Crippen LogP contribution in [0.4, 0.5) is 34.1 Å². The number of benzene rings is 10. The third-order valence-corrected chi connectivity index (χ3v) is 12.6. The first-order valence-electron chi connectivity index (χ1n) is 21.1. The van der Waals surface area contributed by atoms with Crippen LogP contribution in [0.25, 0.3) is 55.3 Å². The highest BCUT2D eigenvalue weighted by atomic mass is 15.2. The third-order valence-electron chi connectivity index (χ3n) is 12.6. The zero-order valence-electron chi connectivity index (χ0n) is 33.5. The average Bonchev–Trinajstić information content (AvgIpc) is 3.67. The monoisotopic (exact) mass is 774 g/mol. The lowest BCUT2D eigenvalue weighted by molar-refractivity contribution is 1.26. The second kappa shape index (κ2) is 14.4. The number of fused-ring (bicyclic) bond motifs is 6. The van der Waals surface area contributed by atoms with E-state index in [9.17, 15) is 0 Å². The molecule has 2 nitrogen and oxygen atoms in total. The predicted octanol–water partition coefficient (Wildman–Crippen LogP) is 13.6. The molecule has 0 fully saturated rings. The van der Waals surface area contributed by atoms with Crippen molar-refractivity contribution in [3.63, 3.8) is 0 Å². The Morgan fingerprint density at radius 2 is 0.852 bits per heavy atom. The van der Waals surface area contributed by atoms with E-state index in [1.807, 2.05) is 0 Å². The van der Waals surface area contributed by atoms with Crippen LogP contribution in [0.2, 0.25) is 0 Å². The van der Waals surface area contributed by atoms with Gasteiger partial charge in [0, 0.05) is 34.1 Å². The van der Waals surface area contributed by atoms with Crippen LogP contribution >= 0.6 is 0 Å². The van der Waals surface area contributed by atoms with Crippen LogP contribution in [-0.4, -0.2) is 6.71 Å². The fourth-order valence-corrected chi connectivity index (χ4v) is 9.78. The Morgan fingerprint density at radius 3 is 1.52 bits per heavy atom. The van der Waals surface area contributed by atoms with E-state index < -0.39 is 0 Å². The van der Waals surface area contributed by atoms with Crippen LogP contribution in [0, 0.1) is 0 Å². The van der Waals surface area contributed by atoms with Gasteiger partial charge in [-0.15, -0.1) is 0 Å². The van der Waals surface area contributed by atoms with E-state index in [2.05, 4.69) is 246 Å². The zero-order valence-corrected chi connectivity index (χ0v) is 33.5. The minimum atomic E-state index is 0.0436. The molecule has 0 N–H and O–H groups in total. The van der Waals surface area contributed by atoms with E-state index >= 15 is 0 Å². The first-order chi connectivity index (χ1) is 30.2. The standard InChI is InChI=1S/C58H39BN2/c1-5-15-40(16-6-1)44-25-30-49(31-26-44)61-56-34-29-47(42-19-9-3-10-20-42)37-55(56)59-54-36-46(41-17-7-2-8-18-41)28-33-52(54)53-38-51(39-57(61)58(53)59)60(48-23-11-4-12-24-48)50-32-27-43-21-13-14-22-45(43)35-50/h1-39H. The molecule has 0 unspecified atom stereocenters. The van der Waals surface area contributed by atoms with E-state index in [0.717, 1.165) is 22.7 Å². The van der Waals surface area contributed by atoms with Gasteiger partial charge in [0.15, 0.2) is 0 Å². The fourth-order valence-electron chi connectivity index (χ4n) is 9.78. The molecule has 0 atom stereocenters. The zero-order chi connectivity index (χ0) is 40.3. The van der Waals surface area contributed by atoms with E-state index in [-0.39, 0.29) is 6.71 Å². The molecule has 10 aromatic carbocycles. The molecule has 0 amide bonds. The molecule has 2 aliphatic rings. The van der Waals surface area contributed by atoms with Gasteiger partial charge in [-0.25, -0.2) is 0 Å². The van der Waals surface area contributed by atoms with Gasteiger partial charge < -0.3 is 9.80 Å². The smallest absolute Gasteiger partial charge is 0.248 e. The topological polar surface area (TPSA) is 6.48 Å². The predicted molar refractivity (Wildman–Crippen MR) is 260 cm³/mol. The quantitative estimate of drug-likeness (QED) is 0.149. The molecule has 0 aromatic heterocycles. The van der Waals surface area contributed by atoms with Crippen LogP contribution < -0.4 is 26.2 Å². The van der Waals surface area contributed by atoms with Crippen molar-refractivity contribution in [3.05, 3.63) is 237 Å². The summed E-state index contributed by atoms with van der Waals surface area (Å²) in [4.78, 5) is 4.95. The molecular weight excluding hydrogens is 735 g/mol. The van der Waals surface area contributed by atoms with Gasteiger partial charge in [-0.1, -0.05) is 187 Å². The van der Waals surface area contributed by atoms with Gasteiger partial charge in [-0.05, 0) is 121 Å². The second-order valence-corrected chi connectivity index (χ2v) is 16.1. The molecule has 12 rings (SSSR count). The Balaban J connectivity index is 1.13. The highest BCUT2D eigenvalue weighted by molar-refractivity contribution is 7.01. The number of hydrogen-bond acceptors (Lipinski definition) is 2. The molecular formula is C58H39BN2. The Hall–Kier alpha value is -7.88. The summed E-state index contributed by atoms with van der Waals surface area (Å²) >= 11 is 0. The van der Waals surface area contributed by atoms with E-state index in [4.69, 9.17) is 0 Å². The number of nitrogens with zero attached hydrogens (tertiary/aromatic N) is 2. The lowest BCUT2D eigenvalue weighted by Gasteiger charge is -2.37. The lowest BCUT2D eigenvalue weighted by atomic mass is 9.37. The van der Waals surface area contributed by atoms with Gasteiger partial charge in [0.25, 0.3) is 0 Å². The maximum atomic E-state index is 2.52. The van der Waals surface area contributed by atoms with Crippen LogP contribution in [-0.2, 0) is 0 Å². The summed E-state index contributed by atoms with van der Waals surface area (Å²) in [5.74, 6) is 0. The van der Waals surface area contributed by atoms with Crippen molar-refractivity contribution in [1.82, 2.24) is 0 Å². The Kier molecular flexibility index (Phi) is 8.31. The molecule has 0 saturated heterocycles. The summed E-state index contributed by atoms with van der Waals surface area (Å²) < 4.78 is 0. The SMILES string of the molecule is c1ccc(-c2ccc(N3c4ccc(-c5ccccc5)cc4B4c5cc(-c6ccccc6)ccc5-c5cc(N(c6ccccc6)c6ccc7ccccc7c6)cc3c54)cc2)cc1. The molecule has 0 saturated carbocycles. The van der Waals surface area contributed by atoms with Gasteiger partial charge in [0.05, 0.1) is 0 Å². The van der Waals surface area contributed by atoms with E-state index in [0.29, 0.717) is 0 Å². The summed E-state index contributed by atoms with van der Waals surface area (Å²) in [6.45, 7) is 0.0436. The van der Waals surface area contributed by atoms with Gasteiger partial charge >= 0.3 is 0 Å². The average molecular weight is 775 g/mol. The van der Waals surface area contributed by atoms with Crippen molar-refractivity contribution < 1.29 is 0 Å². The molecule has 0 aliphatic carbocycles. The fraction of sp³-hybridized carbons (Fsp3) is 0. The van der Waals surface area contributed by atoms with Crippen LogP contribution in [0.1, 0.15) is 0 Å². The minimum Gasteiger partial charge on any atom is -0.311 e. The highest BCUT2D eigenvalue weighted by Gasteiger charge is 2.43. The summed E-state index contributed by atoms with van der Waals surface area (Å²) in [6.07, 6.45) is 0. The Morgan fingerprint density at radius 1 is 0.311 bits per heavy atom. The van der Waals surface area contributed by atoms with Crippen molar-refractivity contribution in [1.29, 1.82) is 0 Å². The minimum absolute atomic E-state index is 0.0436. The molecule has 0 bridgehead atoms. The van der Waals surface area contributed by atoms with Crippen molar-refractivity contribution in [2.24, 2.45) is 0 Å². The van der Waals surface area contributed by atoms with Gasteiger partial charge in [0.2, 0.25) is 6.71 Å². The molecule has 284 valence electrons. The first-order valence-corrected chi connectivity index (χ1v) is 21.1. The van der Waals surface area contributed by atoms with Gasteiger partial charge in [0.1, 0.15) is 0 Å². The summed E-state index contributed by atoms with van der Waals surface area (Å²) in [6, 6.07) is 86.8. The van der Waals surface area contributed by atoms with Crippen molar-refractivity contribution in [2.75, 3.05) is 9.80 Å². The van der Waals surface area contributed by atoms with Crippen molar-refractivity contribution >= 4 is 68.0 Å². The third kappa shape index (κ3) is 5.97. The van der Waals surface area contributed by atoms with Crippen molar-refractivity contribution in [2.45, 2.75) is 0 Å². The van der Waals surface area contributed by atoms with Crippen LogP contribution in [0.5, 0.6) is 0 Å². The van der Waals surface area contributed by atoms with Crippen LogP contribution in [0.3, 0.4) is 0 Å². The van der Waals surface area contributed by atoms with Gasteiger partial charge in [-0.2, -0.15) is 0 Å². The molecule has 3 heteroatoms. The molecule has 10 aromatic rings. The maximum Gasteiger partial charge on any atom is 0.248 e. The second-order valence-electron chi connectivity index (χ2n) is 16.1. The molecule has 2 heterocycles. The van der Waals surface area contributed by atoms with E-state index in [1.165, 1.54) is 83.0 Å².